The first-order chi connectivity index (χ1) is 20.0. The van der Waals surface area contributed by atoms with Crippen LogP contribution in [0.25, 0.3) is 5.57 Å². The average molecular weight is 604 g/mol. The fraction of sp³-hybridized carbons (Fsp3) is 0.484. The van der Waals surface area contributed by atoms with Crippen LogP contribution >= 0.6 is 11.6 Å². The summed E-state index contributed by atoms with van der Waals surface area (Å²) in [5.74, 6) is -2.12. The molecule has 3 aliphatic rings. The van der Waals surface area contributed by atoms with Crippen LogP contribution in [0, 0.1) is 5.82 Å². The molecule has 0 aromatic heterocycles. The molecule has 2 unspecified atom stereocenters. The molecule has 0 bridgehead atoms. The third-order valence-electron chi connectivity index (χ3n) is 8.71. The number of halogens is 3. The number of carbonyl (C=O) groups excluding carboxylic acids is 1. The number of rotatable bonds is 9. The van der Waals surface area contributed by atoms with Crippen LogP contribution in [0.15, 0.2) is 47.0 Å². The molecule has 2 heterocycles. The van der Waals surface area contributed by atoms with Crippen molar-refractivity contribution in [2.45, 2.75) is 75.1 Å². The van der Waals surface area contributed by atoms with Gasteiger partial charge in [-0.15, -0.1) is 0 Å². The van der Waals surface area contributed by atoms with E-state index in [0.717, 1.165) is 24.6 Å². The highest BCUT2D eigenvalue weighted by molar-refractivity contribution is 6.33. The number of aliphatic hydroxyl groups excluding tert-OH is 1. The van der Waals surface area contributed by atoms with Gasteiger partial charge in [0.05, 0.1) is 29.4 Å². The van der Waals surface area contributed by atoms with Gasteiger partial charge in [0.15, 0.2) is 18.0 Å². The van der Waals surface area contributed by atoms with Crippen LogP contribution in [0.3, 0.4) is 0 Å². The topological polar surface area (TPSA) is 126 Å². The average Bonchev–Trinajstić information content (AvgIpc) is 3.24. The van der Waals surface area contributed by atoms with Gasteiger partial charge in [-0.25, -0.2) is 8.78 Å². The van der Waals surface area contributed by atoms with E-state index in [4.69, 9.17) is 26.8 Å². The zero-order valence-electron chi connectivity index (χ0n) is 23.6. The lowest BCUT2D eigenvalue weighted by Crippen LogP contribution is -2.49. The van der Waals surface area contributed by atoms with Crippen LogP contribution in [0.1, 0.15) is 62.1 Å². The van der Waals surface area contributed by atoms with Crippen LogP contribution in [0.4, 0.5) is 8.78 Å². The van der Waals surface area contributed by atoms with E-state index in [9.17, 15) is 15.0 Å². The Morgan fingerprint density at radius 1 is 1.29 bits per heavy atom. The first kappa shape index (κ1) is 30.6. The summed E-state index contributed by atoms with van der Waals surface area (Å²) in [5.41, 5.74) is 4.66. The summed E-state index contributed by atoms with van der Waals surface area (Å²) in [6.07, 6.45) is 0.552. The monoisotopic (exact) mass is 603 g/mol. The second-order valence-electron chi connectivity index (χ2n) is 11.5. The smallest absolute Gasteiger partial charge is 0.250 e. The molecule has 11 heteroatoms. The van der Waals surface area contributed by atoms with Crippen LogP contribution < -0.4 is 15.8 Å². The Morgan fingerprint density at radius 3 is 2.62 bits per heavy atom. The van der Waals surface area contributed by atoms with Crippen molar-refractivity contribution in [2.75, 3.05) is 19.8 Å². The lowest BCUT2D eigenvalue weighted by atomic mass is 9.76. The highest BCUT2D eigenvalue weighted by Crippen LogP contribution is 2.55. The van der Waals surface area contributed by atoms with Crippen molar-refractivity contribution >= 4 is 29.3 Å². The van der Waals surface area contributed by atoms with Gasteiger partial charge in [-0.2, -0.15) is 0 Å². The first-order valence-corrected chi connectivity index (χ1v) is 14.5. The third kappa shape index (κ3) is 5.58. The summed E-state index contributed by atoms with van der Waals surface area (Å²) in [6, 6.07) is 10.8. The number of ether oxygens (including phenoxy) is 2. The van der Waals surface area contributed by atoms with E-state index in [1.807, 2.05) is 44.2 Å². The van der Waals surface area contributed by atoms with E-state index < -0.39 is 41.2 Å². The van der Waals surface area contributed by atoms with Crippen molar-refractivity contribution in [1.29, 1.82) is 0 Å². The number of nitrogens with two attached hydrogens (primary N) is 1. The third-order valence-corrected chi connectivity index (χ3v) is 9.08. The molecule has 1 amide bonds. The predicted molar refractivity (Wildman–Crippen MR) is 156 cm³/mol. The van der Waals surface area contributed by atoms with Crippen molar-refractivity contribution < 1.29 is 33.3 Å². The normalized spacial score (nSPS) is 30.7. The van der Waals surface area contributed by atoms with Gasteiger partial charge in [0, 0.05) is 47.5 Å². The van der Waals surface area contributed by atoms with Gasteiger partial charge < -0.3 is 30.7 Å². The lowest BCUT2D eigenvalue weighted by molar-refractivity contribution is -0.114. The van der Waals surface area contributed by atoms with E-state index in [-0.39, 0.29) is 46.7 Å². The van der Waals surface area contributed by atoms with Gasteiger partial charge >= 0.3 is 0 Å². The second kappa shape index (κ2) is 12.0. The van der Waals surface area contributed by atoms with E-state index in [1.54, 1.807) is 0 Å². The number of hydrogen-bond acceptors (Lipinski definition) is 7. The molecule has 5 rings (SSSR count). The zero-order valence-corrected chi connectivity index (χ0v) is 24.3. The number of fused-ring (bicyclic) bond motifs is 1. The number of hydrogen-bond donors (Lipinski definition) is 4. The summed E-state index contributed by atoms with van der Waals surface area (Å²) in [5, 5.41) is 22.9. The predicted octanol–water partition coefficient (Wildman–Crippen LogP) is 4.15. The van der Waals surface area contributed by atoms with Crippen molar-refractivity contribution in [3.05, 3.63) is 69.5 Å². The Labute approximate surface area is 248 Å². The van der Waals surface area contributed by atoms with Crippen LogP contribution in [-0.4, -0.2) is 66.1 Å². The number of alkyl halides is 1. The minimum Gasteiger partial charge on any atom is -0.480 e. The number of dihydropyridines is 1. The Kier molecular flexibility index (Phi) is 8.74. The van der Waals surface area contributed by atoms with Crippen molar-refractivity contribution in [1.82, 2.24) is 5.32 Å². The highest BCUT2D eigenvalue weighted by Gasteiger charge is 2.51. The summed E-state index contributed by atoms with van der Waals surface area (Å²) in [7, 11) is 0. The molecule has 2 aromatic rings. The molecule has 8 nitrogen and oxygen atoms in total. The number of primary amides is 1. The molecule has 0 spiro atoms. The lowest BCUT2D eigenvalue weighted by Gasteiger charge is -2.38. The molecular formula is C31H36ClF2N3O5. The number of nitrogens with one attached hydrogen (secondary N) is 1. The molecule has 42 heavy (non-hydrogen) atoms. The molecule has 0 radical (unpaired) electrons. The molecule has 4 atom stereocenters. The quantitative estimate of drug-likeness (QED) is 0.341. The number of aliphatic hydroxyl groups is 2. The fourth-order valence-electron chi connectivity index (χ4n) is 6.33. The molecule has 1 saturated carbocycles. The van der Waals surface area contributed by atoms with Crippen LogP contribution in [-0.2, 0) is 15.1 Å². The summed E-state index contributed by atoms with van der Waals surface area (Å²) >= 11 is 6.58. The summed E-state index contributed by atoms with van der Waals surface area (Å²) in [6.45, 7) is 3.51. The maximum Gasteiger partial charge on any atom is 0.250 e. The molecule has 2 aromatic carbocycles. The Morgan fingerprint density at radius 2 is 1.98 bits per heavy atom. The molecular weight excluding hydrogens is 568 g/mol. The van der Waals surface area contributed by atoms with Gasteiger partial charge in [-0.1, -0.05) is 48.9 Å². The molecule has 1 fully saturated rings. The van der Waals surface area contributed by atoms with E-state index in [1.165, 1.54) is 6.07 Å². The van der Waals surface area contributed by atoms with Crippen molar-refractivity contribution in [3.63, 3.8) is 0 Å². The zero-order chi connectivity index (χ0) is 30.2. The van der Waals surface area contributed by atoms with Crippen molar-refractivity contribution in [3.8, 4) is 5.75 Å². The fourth-order valence-corrected chi connectivity index (χ4v) is 6.58. The van der Waals surface area contributed by atoms with Gasteiger partial charge in [-0.3, -0.25) is 9.79 Å². The Hall–Kier alpha value is -2.89. The van der Waals surface area contributed by atoms with E-state index >= 15 is 8.78 Å². The number of aliphatic imine (C=N–C) groups is 1. The standard InChI is InChI=1S/C31H36ClF2N3O5/c1-17-23-22(42-31(17,18-6-4-3-5-7-18)16-37-19-8-10-30(2,40)11-9-19)14-21(33)26(32)25(23)24-20(28(35)39)15-36-29(27(24)34)41-13-12-38/h3-7,14-15,17,19,27,29,37-38,40H,8-13,16H2,1-2H3,(H2,35,39)/t17-,19?,27?,29?,30?,31-/m0/s1. The minimum atomic E-state index is -2.03. The second-order valence-corrected chi connectivity index (χ2v) is 11.9. The molecule has 1 aliphatic carbocycles. The largest absolute Gasteiger partial charge is 0.480 e. The van der Waals surface area contributed by atoms with E-state index in [0.29, 0.717) is 24.9 Å². The van der Waals surface area contributed by atoms with Gasteiger partial charge in [0.2, 0.25) is 0 Å². The summed E-state index contributed by atoms with van der Waals surface area (Å²) in [4.78, 5) is 16.5. The van der Waals surface area contributed by atoms with Gasteiger partial charge in [-0.05, 0) is 38.2 Å². The van der Waals surface area contributed by atoms with Gasteiger partial charge in [0.25, 0.3) is 5.91 Å². The van der Waals surface area contributed by atoms with Gasteiger partial charge in [0.1, 0.15) is 11.6 Å². The van der Waals surface area contributed by atoms with E-state index in [2.05, 4.69) is 10.3 Å². The maximum absolute atomic E-state index is 16.2. The van der Waals surface area contributed by atoms with Crippen LogP contribution in [0.5, 0.6) is 5.75 Å². The Balaban J connectivity index is 1.61. The molecule has 0 saturated heterocycles. The number of carbonyl (C=O) groups is 1. The summed E-state index contributed by atoms with van der Waals surface area (Å²) < 4.78 is 43.6. The van der Waals surface area contributed by atoms with Crippen LogP contribution in [0.2, 0.25) is 5.02 Å². The molecule has 5 N–H and O–H groups in total. The number of amides is 1. The Bertz CT molecular complexity index is 1390. The highest BCUT2D eigenvalue weighted by atomic mass is 35.5. The SMILES string of the molecule is C[C@H]1c2c(cc(F)c(Cl)c2C2=C(C(N)=O)C=NC(OCCO)C2F)O[C@]1(CNC1CCC(C)(O)CC1)c1ccccc1. The maximum atomic E-state index is 16.2. The molecule has 2 aliphatic heterocycles. The number of nitrogens with zero attached hydrogens (tertiary/aromatic N) is 1. The minimum absolute atomic E-state index is 0.0178. The van der Waals surface area contributed by atoms with Crippen molar-refractivity contribution in [2.24, 2.45) is 10.7 Å². The molecule has 226 valence electrons. The first-order valence-electron chi connectivity index (χ1n) is 14.2. The number of benzene rings is 2.